The first-order valence-electron chi connectivity index (χ1n) is 16.4. The zero-order valence-electron chi connectivity index (χ0n) is 29.0. The summed E-state index contributed by atoms with van der Waals surface area (Å²) < 4.78 is 236. The fourth-order valence-electron chi connectivity index (χ4n) is 5.46. The molecule has 0 spiro atoms. The molecule has 1 N–H and O–H groups in total. The summed E-state index contributed by atoms with van der Waals surface area (Å²) >= 11 is 0. The summed E-state index contributed by atoms with van der Waals surface area (Å²) in [6.07, 6.45) is -12.9. The van der Waals surface area contributed by atoms with E-state index in [0.717, 1.165) is 35.4 Å². The number of nitrogens with zero attached hydrogens (tertiary/aromatic N) is 1. The molecule has 3 rings (SSSR count). The number of halogens is 17. The van der Waals surface area contributed by atoms with E-state index in [4.69, 9.17) is 4.74 Å². The molecule has 2 aromatic carbocycles. The summed E-state index contributed by atoms with van der Waals surface area (Å²) in [5, 5.41) is 2.76. The number of likely N-dealkylation sites (tertiary alicyclic amines) is 1. The van der Waals surface area contributed by atoms with Gasteiger partial charge in [0.1, 0.15) is 5.60 Å². The molecule has 2 amide bonds. The number of hydrogen-bond donors (Lipinski definition) is 1. The zero-order chi connectivity index (χ0) is 43.0. The van der Waals surface area contributed by atoms with Crippen LogP contribution in [0.2, 0.25) is 0 Å². The van der Waals surface area contributed by atoms with Crippen molar-refractivity contribution in [3.8, 4) is 11.1 Å². The lowest BCUT2D eigenvalue weighted by Gasteiger charge is -2.43. The Bertz CT molecular complexity index is 1660. The smallest absolute Gasteiger partial charge is 0.443 e. The maximum Gasteiger partial charge on any atom is 0.460 e. The van der Waals surface area contributed by atoms with Gasteiger partial charge in [-0.25, -0.2) is 4.79 Å². The number of carbonyl (C=O) groups is 2. The molecule has 1 aliphatic heterocycles. The van der Waals surface area contributed by atoms with Crippen molar-refractivity contribution in [3.05, 3.63) is 60.2 Å². The van der Waals surface area contributed by atoms with Gasteiger partial charge in [-0.2, -0.15) is 74.6 Å². The number of benzene rings is 2. The van der Waals surface area contributed by atoms with Gasteiger partial charge in [-0.3, -0.25) is 4.79 Å². The minimum atomic E-state index is -8.71. The van der Waals surface area contributed by atoms with Gasteiger partial charge < -0.3 is 15.0 Å². The molecule has 56 heavy (non-hydrogen) atoms. The second kappa shape index (κ2) is 15.7. The van der Waals surface area contributed by atoms with Gasteiger partial charge in [-0.05, 0) is 56.2 Å². The normalized spacial score (nSPS) is 16.2. The van der Waals surface area contributed by atoms with Gasteiger partial charge in [0.05, 0.1) is 0 Å². The highest BCUT2D eigenvalue weighted by atomic mass is 19.4. The van der Waals surface area contributed by atoms with E-state index in [0.29, 0.717) is 6.42 Å². The van der Waals surface area contributed by atoms with E-state index in [-0.39, 0.29) is 38.4 Å². The van der Waals surface area contributed by atoms with E-state index in [9.17, 15) is 84.2 Å². The van der Waals surface area contributed by atoms with Crippen molar-refractivity contribution in [2.75, 3.05) is 19.6 Å². The third-order valence-electron chi connectivity index (χ3n) is 9.09. The van der Waals surface area contributed by atoms with Crippen LogP contribution in [0.25, 0.3) is 11.1 Å². The Morgan fingerprint density at radius 3 is 1.55 bits per heavy atom. The van der Waals surface area contributed by atoms with Crippen LogP contribution in [0.1, 0.15) is 45.1 Å². The van der Waals surface area contributed by atoms with Crippen LogP contribution in [0.4, 0.5) is 79.4 Å². The molecule has 0 bridgehead atoms. The third-order valence-corrected chi connectivity index (χ3v) is 9.09. The molecule has 5 nitrogen and oxygen atoms in total. The predicted octanol–water partition coefficient (Wildman–Crippen LogP) is 10.4. The van der Waals surface area contributed by atoms with E-state index in [1.54, 1.807) is 0 Å². The molecule has 0 unspecified atom stereocenters. The Balaban J connectivity index is 1.55. The van der Waals surface area contributed by atoms with Crippen molar-refractivity contribution in [1.29, 1.82) is 0 Å². The third kappa shape index (κ3) is 8.77. The molecule has 2 aromatic rings. The monoisotopic (exact) mass is 840 g/mol. The van der Waals surface area contributed by atoms with Gasteiger partial charge in [0, 0.05) is 32.0 Å². The molecule has 0 radical (unpaired) electrons. The van der Waals surface area contributed by atoms with E-state index >= 15 is 0 Å². The fourth-order valence-corrected chi connectivity index (χ4v) is 5.46. The van der Waals surface area contributed by atoms with Crippen LogP contribution in [0.15, 0.2) is 54.6 Å². The van der Waals surface area contributed by atoms with Crippen molar-refractivity contribution in [2.24, 2.45) is 5.92 Å². The molecule has 1 heterocycles. The standard InChI is InChI=1S/C34H33F17N2O3/c1-26(2,15-16-27(35,36)28(37,38)29(39,40)30(41,42)31(43,44)32(45,46)33(47,48)34(49,50)51)56-25(55)53-18-13-23(14-19-53)24(54)52-17-12-20-8-10-22(11-9-20)21-6-4-3-5-7-21/h3-11,23H,12-19H2,1-2H3,(H,52,54). The summed E-state index contributed by atoms with van der Waals surface area (Å²) in [7, 11) is 0. The molecule has 0 saturated carbocycles. The molecular formula is C34H33F17N2O3. The Labute approximate surface area is 307 Å². The van der Waals surface area contributed by atoms with Crippen molar-refractivity contribution >= 4 is 12.0 Å². The Morgan fingerprint density at radius 2 is 1.07 bits per heavy atom. The van der Waals surface area contributed by atoms with Crippen LogP contribution in [0.3, 0.4) is 0 Å². The lowest BCUT2D eigenvalue weighted by molar-refractivity contribution is -0.462. The average molecular weight is 841 g/mol. The molecular weight excluding hydrogens is 807 g/mol. The van der Waals surface area contributed by atoms with Crippen LogP contribution >= 0.6 is 0 Å². The van der Waals surface area contributed by atoms with Gasteiger partial charge in [0.25, 0.3) is 0 Å². The second-order valence-electron chi connectivity index (χ2n) is 13.6. The summed E-state index contributed by atoms with van der Waals surface area (Å²) in [5.74, 6) is -57.9. The molecule has 1 saturated heterocycles. The van der Waals surface area contributed by atoms with Gasteiger partial charge in [0.15, 0.2) is 0 Å². The number of carbonyl (C=O) groups excluding carboxylic acids is 2. The van der Waals surface area contributed by atoms with Gasteiger partial charge in [0.2, 0.25) is 5.91 Å². The molecule has 22 heteroatoms. The number of nitrogens with one attached hydrogen (secondary N) is 1. The quantitative estimate of drug-likeness (QED) is 0.182. The maximum absolute atomic E-state index is 14.4. The lowest BCUT2D eigenvalue weighted by Crippen LogP contribution is -2.74. The van der Waals surface area contributed by atoms with Crippen molar-refractivity contribution in [2.45, 2.75) is 99.2 Å². The highest BCUT2D eigenvalue weighted by Gasteiger charge is 2.95. The van der Waals surface area contributed by atoms with Crippen LogP contribution in [0, 0.1) is 5.92 Å². The maximum atomic E-state index is 14.4. The van der Waals surface area contributed by atoms with Crippen LogP contribution in [0.5, 0.6) is 0 Å². The lowest BCUT2D eigenvalue weighted by atomic mass is 9.87. The minimum Gasteiger partial charge on any atom is -0.443 e. The SMILES string of the molecule is CC(C)(CCC(F)(F)C(F)(F)C(F)(F)C(F)(F)C(F)(F)C(F)(F)C(F)(F)C(F)(F)F)OC(=O)N1CCC(C(=O)NCCc2ccc(-c3ccccc3)cc2)CC1. The van der Waals surface area contributed by atoms with Gasteiger partial charge in [-0.1, -0.05) is 54.6 Å². The number of ether oxygens (including phenoxy) is 1. The highest BCUT2D eigenvalue weighted by molar-refractivity contribution is 5.79. The molecule has 1 aliphatic rings. The molecule has 316 valence electrons. The van der Waals surface area contributed by atoms with Crippen molar-refractivity contribution < 1.29 is 89.0 Å². The van der Waals surface area contributed by atoms with Crippen molar-refractivity contribution in [1.82, 2.24) is 10.2 Å². The predicted molar refractivity (Wildman–Crippen MR) is 163 cm³/mol. The number of amides is 2. The topological polar surface area (TPSA) is 58.6 Å². The van der Waals surface area contributed by atoms with E-state index in [1.807, 2.05) is 54.6 Å². The second-order valence-corrected chi connectivity index (χ2v) is 13.6. The molecule has 0 aliphatic carbocycles. The van der Waals surface area contributed by atoms with Crippen LogP contribution in [-0.4, -0.2) is 89.8 Å². The minimum absolute atomic E-state index is 0.0549. The Morgan fingerprint density at radius 1 is 0.625 bits per heavy atom. The van der Waals surface area contributed by atoms with Crippen molar-refractivity contribution in [3.63, 3.8) is 0 Å². The van der Waals surface area contributed by atoms with E-state index in [1.165, 1.54) is 0 Å². The zero-order valence-corrected chi connectivity index (χ0v) is 29.0. The first kappa shape index (κ1) is 46.4. The first-order valence-corrected chi connectivity index (χ1v) is 16.4. The van der Waals surface area contributed by atoms with Crippen LogP contribution < -0.4 is 5.32 Å². The van der Waals surface area contributed by atoms with E-state index < -0.39 is 78.1 Å². The number of hydrogen-bond acceptors (Lipinski definition) is 3. The first-order chi connectivity index (χ1) is 25.3. The molecule has 0 atom stereocenters. The number of piperidine rings is 1. The van der Waals surface area contributed by atoms with E-state index in [2.05, 4.69) is 5.32 Å². The molecule has 0 aromatic heterocycles. The molecule has 1 fully saturated rings. The summed E-state index contributed by atoms with van der Waals surface area (Å²) in [4.78, 5) is 26.3. The fraction of sp³-hybridized carbons (Fsp3) is 0.588. The van der Waals surface area contributed by atoms with Gasteiger partial charge >= 0.3 is 53.7 Å². The number of rotatable bonds is 15. The largest absolute Gasteiger partial charge is 0.460 e. The Kier molecular flexibility index (Phi) is 13.0. The van der Waals surface area contributed by atoms with Gasteiger partial charge in [-0.15, -0.1) is 0 Å². The number of alkyl halides is 17. The van der Waals surface area contributed by atoms with Crippen LogP contribution in [-0.2, 0) is 16.0 Å². The average Bonchev–Trinajstić information content (AvgIpc) is 3.10. The highest BCUT2D eigenvalue weighted by Crippen LogP contribution is 2.64. The Hall–Kier alpha value is -4.01. The summed E-state index contributed by atoms with van der Waals surface area (Å²) in [5.41, 5.74) is 0.578. The summed E-state index contributed by atoms with van der Waals surface area (Å²) in [6.45, 7) is 1.38. The summed E-state index contributed by atoms with van der Waals surface area (Å²) in [6, 6.07) is 17.2.